The Morgan fingerprint density at radius 3 is 2.77 bits per heavy atom. The first-order valence-corrected chi connectivity index (χ1v) is 4.88. The summed E-state index contributed by atoms with van der Waals surface area (Å²) >= 11 is 5.83. The lowest BCUT2D eigenvalue weighted by molar-refractivity contribution is 0.0971. The van der Waals surface area contributed by atoms with Crippen molar-refractivity contribution in [2.75, 3.05) is 6.61 Å². The minimum atomic E-state index is 0.583. The first-order chi connectivity index (χ1) is 6.18. The lowest BCUT2D eigenvalue weighted by atomic mass is 10.2. The minimum Gasteiger partial charge on any atom is -0.377 e. The standard InChI is InChI=1S/C11H15ClO/c1-9(2)7-13-8-10-4-3-5-11(12)6-10/h3-6,9H,7-8H2,1-2H3. The summed E-state index contributed by atoms with van der Waals surface area (Å²) in [4.78, 5) is 0. The molecule has 0 N–H and O–H groups in total. The fourth-order valence-corrected chi connectivity index (χ4v) is 1.25. The molecule has 0 aliphatic rings. The van der Waals surface area contributed by atoms with E-state index in [0.717, 1.165) is 17.2 Å². The van der Waals surface area contributed by atoms with E-state index >= 15 is 0 Å². The maximum atomic E-state index is 5.83. The average molecular weight is 199 g/mol. The summed E-state index contributed by atoms with van der Waals surface area (Å²) in [5.74, 6) is 0.583. The zero-order chi connectivity index (χ0) is 9.68. The van der Waals surface area contributed by atoms with Gasteiger partial charge in [-0.15, -0.1) is 0 Å². The van der Waals surface area contributed by atoms with Crippen LogP contribution in [-0.4, -0.2) is 6.61 Å². The molecule has 0 aliphatic heterocycles. The zero-order valence-electron chi connectivity index (χ0n) is 8.09. The fraction of sp³-hybridized carbons (Fsp3) is 0.455. The van der Waals surface area contributed by atoms with Gasteiger partial charge in [-0.25, -0.2) is 0 Å². The van der Waals surface area contributed by atoms with Crippen molar-refractivity contribution in [3.8, 4) is 0 Å². The molecule has 0 fully saturated rings. The fourth-order valence-electron chi connectivity index (χ4n) is 1.04. The van der Waals surface area contributed by atoms with Crippen molar-refractivity contribution in [1.29, 1.82) is 0 Å². The number of rotatable bonds is 4. The quantitative estimate of drug-likeness (QED) is 0.720. The van der Waals surface area contributed by atoms with Gasteiger partial charge in [-0.1, -0.05) is 37.6 Å². The summed E-state index contributed by atoms with van der Waals surface area (Å²) in [7, 11) is 0. The Morgan fingerprint density at radius 2 is 2.15 bits per heavy atom. The van der Waals surface area contributed by atoms with Crippen LogP contribution in [0.4, 0.5) is 0 Å². The maximum absolute atomic E-state index is 5.83. The topological polar surface area (TPSA) is 9.23 Å². The lowest BCUT2D eigenvalue weighted by Crippen LogP contribution is -2.01. The highest BCUT2D eigenvalue weighted by Gasteiger charge is 1.96. The smallest absolute Gasteiger partial charge is 0.0717 e. The Labute approximate surface area is 84.7 Å². The Morgan fingerprint density at radius 1 is 1.38 bits per heavy atom. The summed E-state index contributed by atoms with van der Waals surface area (Å²) in [6.07, 6.45) is 0. The summed E-state index contributed by atoms with van der Waals surface area (Å²) < 4.78 is 5.48. The van der Waals surface area contributed by atoms with Gasteiger partial charge in [0.05, 0.1) is 6.61 Å². The highest BCUT2D eigenvalue weighted by atomic mass is 35.5. The van der Waals surface area contributed by atoms with Gasteiger partial charge in [-0.05, 0) is 23.6 Å². The number of halogens is 1. The molecular formula is C11H15ClO. The van der Waals surface area contributed by atoms with E-state index in [1.54, 1.807) is 0 Å². The van der Waals surface area contributed by atoms with Crippen LogP contribution >= 0.6 is 11.6 Å². The van der Waals surface area contributed by atoms with Crippen molar-refractivity contribution in [3.63, 3.8) is 0 Å². The summed E-state index contributed by atoms with van der Waals surface area (Å²) in [5, 5.41) is 0.769. The molecule has 2 heteroatoms. The molecule has 0 bridgehead atoms. The van der Waals surface area contributed by atoms with Gasteiger partial charge >= 0.3 is 0 Å². The number of hydrogen-bond donors (Lipinski definition) is 0. The van der Waals surface area contributed by atoms with Crippen molar-refractivity contribution in [1.82, 2.24) is 0 Å². The third-order valence-electron chi connectivity index (χ3n) is 1.61. The molecule has 1 rings (SSSR count). The molecule has 0 radical (unpaired) electrons. The molecule has 0 saturated carbocycles. The first kappa shape index (κ1) is 10.6. The van der Waals surface area contributed by atoms with Crippen LogP contribution < -0.4 is 0 Å². The van der Waals surface area contributed by atoms with Crippen LogP contribution in [-0.2, 0) is 11.3 Å². The van der Waals surface area contributed by atoms with Gasteiger partial charge < -0.3 is 4.74 Å². The molecule has 13 heavy (non-hydrogen) atoms. The van der Waals surface area contributed by atoms with E-state index in [4.69, 9.17) is 16.3 Å². The molecule has 0 unspecified atom stereocenters. The molecule has 72 valence electrons. The molecule has 0 atom stereocenters. The normalized spacial score (nSPS) is 10.8. The Kier molecular flexibility index (Phi) is 4.26. The second-order valence-electron chi connectivity index (χ2n) is 3.54. The predicted molar refractivity (Wildman–Crippen MR) is 55.9 cm³/mol. The molecule has 1 aromatic rings. The van der Waals surface area contributed by atoms with E-state index in [9.17, 15) is 0 Å². The van der Waals surface area contributed by atoms with Gasteiger partial charge in [0, 0.05) is 11.6 Å². The molecule has 0 aliphatic carbocycles. The second kappa shape index (κ2) is 5.25. The summed E-state index contributed by atoms with van der Waals surface area (Å²) in [6.45, 7) is 5.72. The van der Waals surface area contributed by atoms with Crippen LogP contribution in [0, 0.1) is 5.92 Å². The molecule has 1 nitrogen and oxygen atoms in total. The predicted octanol–water partition coefficient (Wildman–Crippen LogP) is 3.51. The molecular weight excluding hydrogens is 184 g/mol. The molecule has 0 heterocycles. The van der Waals surface area contributed by atoms with Crippen molar-refractivity contribution >= 4 is 11.6 Å². The average Bonchev–Trinajstić information content (AvgIpc) is 2.03. The third-order valence-corrected chi connectivity index (χ3v) is 1.84. The van der Waals surface area contributed by atoms with Crippen LogP contribution in [0.2, 0.25) is 5.02 Å². The zero-order valence-corrected chi connectivity index (χ0v) is 8.84. The van der Waals surface area contributed by atoms with Crippen LogP contribution in [0.5, 0.6) is 0 Å². The van der Waals surface area contributed by atoms with Crippen molar-refractivity contribution < 1.29 is 4.74 Å². The monoisotopic (exact) mass is 198 g/mol. The van der Waals surface area contributed by atoms with Crippen LogP contribution in [0.25, 0.3) is 0 Å². The van der Waals surface area contributed by atoms with E-state index < -0.39 is 0 Å². The van der Waals surface area contributed by atoms with Gasteiger partial charge in [0.2, 0.25) is 0 Å². The molecule has 0 amide bonds. The van der Waals surface area contributed by atoms with Crippen LogP contribution in [0.3, 0.4) is 0 Å². The van der Waals surface area contributed by atoms with E-state index in [1.807, 2.05) is 24.3 Å². The number of ether oxygens (including phenoxy) is 1. The lowest BCUT2D eigenvalue weighted by Gasteiger charge is -2.06. The third kappa shape index (κ3) is 4.30. The summed E-state index contributed by atoms with van der Waals surface area (Å²) in [6, 6.07) is 7.76. The first-order valence-electron chi connectivity index (χ1n) is 4.50. The minimum absolute atomic E-state index is 0.583. The van der Waals surface area contributed by atoms with E-state index in [2.05, 4.69) is 13.8 Å². The number of hydrogen-bond acceptors (Lipinski definition) is 1. The highest BCUT2D eigenvalue weighted by Crippen LogP contribution is 2.11. The molecule has 1 aromatic carbocycles. The SMILES string of the molecule is CC(C)COCc1cccc(Cl)c1. The second-order valence-corrected chi connectivity index (χ2v) is 3.98. The van der Waals surface area contributed by atoms with Crippen LogP contribution in [0.15, 0.2) is 24.3 Å². The molecule has 0 spiro atoms. The largest absolute Gasteiger partial charge is 0.377 e. The Balaban J connectivity index is 2.37. The van der Waals surface area contributed by atoms with Crippen molar-refractivity contribution in [2.45, 2.75) is 20.5 Å². The van der Waals surface area contributed by atoms with Crippen LogP contribution in [0.1, 0.15) is 19.4 Å². The molecule has 0 saturated heterocycles. The van der Waals surface area contributed by atoms with E-state index in [-0.39, 0.29) is 0 Å². The van der Waals surface area contributed by atoms with Gasteiger partial charge in [-0.2, -0.15) is 0 Å². The Bertz CT molecular complexity index is 258. The summed E-state index contributed by atoms with van der Waals surface area (Å²) in [5.41, 5.74) is 1.13. The number of benzene rings is 1. The highest BCUT2D eigenvalue weighted by molar-refractivity contribution is 6.30. The van der Waals surface area contributed by atoms with Gasteiger partial charge in [0.15, 0.2) is 0 Å². The molecule has 0 aromatic heterocycles. The van der Waals surface area contributed by atoms with Crippen molar-refractivity contribution in [3.05, 3.63) is 34.9 Å². The van der Waals surface area contributed by atoms with Gasteiger partial charge in [0.1, 0.15) is 0 Å². The van der Waals surface area contributed by atoms with Gasteiger partial charge in [0.25, 0.3) is 0 Å². The van der Waals surface area contributed by atoms with Gasteiger partial charge in [-0.3, -0.25) is 0 Å². The van der Waals surface area contributed by atoms with E-state index in [1.165, 1.54) is 0 Å². The Hall–Kier alpha value is -0.530. The van der Waals surface area contributed by atoms with Crippen molar-refractivity contribution in [2.24, 2.45) is 5.92 Å². The maximum Gasteiger partial charge on any atom is 0.0717 e. The van der Waals surface area contributed by atoms with E-state index in [0.29, 0.717) is 12.5 Å².